The molecule has 0 radical (unpaired) electrons. The van der Waals surface area contributed by atoms with Crippen molar-refractivity contribution in [3.63, 3.8) is 0 Å². The number of hydrogen-bond acceptors (Lipinski definition) is 4. The van der Waals surface area contributed by atoms with Gasteiger partial charge in [-0.3, -0.25) is 0 Å². The molecule has 0 fully saturated rings. The van der Waals surface area contributed by atoms with Crippen molar-refractivity contribution >= 4 is 6.09 Å². The van der Waals surface area contributed by atoms with E-state index in [1.54, 1.807) is 0 Å². The van der Waals surface area contributed by atoms with Crippen molar-refractivity contribution in [2.45, 2.75) is 58.6 Å². The molecule has 5 heteroatoms. The molecular formula is C18H29NO4. The van der Waals surface area contributed by atoms with Crippen LogP contribution < -0.4 is 10.1 Å². The molecule has 1 amide bonds. The summed E-state index contributed by atoms with van der Waals surface area (Å²) < 4.78 is 10.8. The number of carbonyl (C=O) groups excluding carboxylic acids is 1. The fourth-order valence-corrected chi connectivity index (χ4v) is 2.19. The molecule has 1 unspecified atom stereocenters. The number of amides is 1. The third kappa shape index (κ3) is 7.88. The molecule has 0 saturated carbocycles. The second kappa shape index (κ2) is 9.40. The Labute approximate surface area is 139 Å². The van der Waals surface area contributed by atoms with E-state index in [1.165, 1.54) is 0 Å². The monoisotopic (exact) mass is 323 g/mol. The first kappa shape index (κ1) is 19.3. The lowest BCUT2D eigenvalue weighted by Gasteiger charge is -2.23. The summed E-state index contributed by atoms with van der Waals surface area (Å²) in [4.78, 5) is 11.9. The lowest BCUT2D eigenvalue weighted by Crippen LogP contribution is -2.39. The third-order valence-electron chi connectivity index (χ3n) is 3.30. The zero-order valence-electron chi connectivity index (χ0n) is 14.6. The fraction of sp³-hybridized carbons (Fsp3) is 0.611. The number of aliphatic hydroxyl groups is 1. The molecule has 0 aliphatic rings. The summed E-state index contributed by atoms with van der Waals surface area (Å²) in [6.07, 6.45) is 2.04. The molecule has 0 bridgehead atoms. The van der Waals surface area contributed by atoms with Crippen LogP contribution in [0.25, 0.3) is 0 Å². The van der Waals surface area contributed by atoms with Crippen molar-refractivity contribution in [2.75, 3.05) is 13.2 Å². The van der Waals surface area contributed by atoms with Crippen LogP contribution in [0.2, 0.25) is 0 Å². The van der Waals surface area contributed by atoms with Crippen LogP contribution in [0.15, 0.2) is 24.3 Å². The molecule has 1 aromatic rings. The third-order valence-corrected chi connectivity index (χ3v) is 3.30. The quantitative estimate of drug-likeness (QED) is 0.770. The van der Waals surface area contributed by atoms with Gasteiger partial charge in [-0.15, -0.1) is 0 Å². The van der Waals surface area contributed by atoms with Crippen LogP contribution in [0.3, 0.4) is 0 Å². The van der Waals surface area contributed by atoms with E-state index < -0.39 is 5.60 Å². The van der Waals surface area contributed by atoms with Crippen molar-refractivity contribution in [3.8, 4) is 5.75 Å². The standard InChI is InChI=1S/C18H29NO4/c1-5-15(19-17(21)23-18(2,3)4)11-10-14-8-6-7-9-16(14)22-13-12-20/h6-9,15,20H,5,10-13H2,1-4H3,(H,19,21). The van der Waals surface area contributed by atoms with Gasteiger partial charge in [0.05, 0.1) is 6.61 Å². The Morgan fingerprint density at radius 2 is 2.00 bits per heavy atom. The first-order valence-electron chi connectivity index (χ1n) is 8.16. The predicted molar refractivity (Wildman–Crippen MR) is 90.8 cm³/mol. The van der Waals surface area contributed by atoms with E-state index in [-0.39, 0.29) is 25.3 Å². The molecule has 0 aliphatic carbocycles. The number of rotatable bonds is 8. The number of nitrogens with one attached hydrogen (secondary N) is 1. The van der Waals surface area contributed by atoms with Gasteiger partial charge >= 0.3 is 6.09 Å². The molecule has 1 atom stereocenters. The van der Waals surface area contributed by atoms with E-state index in [2.05, 4.69) is 5.32 Å². The minimum atomic E-state index is -0.493. The Balaban J connectivity index is 2.56. The number of ether oxygens (including phenoxy) is 2. The van der Waals surface area contributed by atoms with Gasteiger partial charge in [0.15, 0.2) is 0 Å². The van der Waals surface area contributed by atoms with Crippen molar-refractivity contribution in [3.05, 3.63) is 29.8 Å². The summed E-state index contributed by atoms with van der Waals surface area (Å²) in [5.41, 5.74) is 0.581. The summed E-state index contributed by atoms with van der Waals surface area (Å²) >= 11 is 0. The van der Waals surface area contributed by atoms with Crippen molar-refractivity contribution in [2.24, 2.45) is 0 Å². The maximum atomic E-state index is 11.9. The Morgan fingerprint density at radius 1 is 1.30 bits per heavy atom. The number of alkyl carbamates (subject to hydrolysis) is 1. The summed E-state index contributed by atoms with van der Waals surface area (Å²) in [6.45, 7) is 7.86. The highest BCUT2D eigenvalue weighted by molar-refractivity contribution is 5.68. The number of benzene rings is 1. The maximum Gasteiger partial charge on any atom is 0.407 e. The van der Waals surface area contributed by atoms with Gasteiger partial charge in [0.25, 0.3) is 0 Å². The molecule has 1 rings (SSSR count). The topological polar surface area (TPSA) is 67.8 Å². The number of aliphatic hydroxyl groups excluding tert-OH is 1. The maximum absolute atomic E-state index is 11.9. The lowest BCUT2D eigenvalue weighted by atomic mass is 10.0. The molecular weight excluding hydrogens is 294 g/mol. The van der Waals surface area contributed by atoms with Gasteiger partial charge in [-0.2, -0.15) is 0 Å². The van der Waals surface area contributed by atoms with Crippen molar-refractivity contribution in [1.82, 2.24) is 5.32 Å². The largest absolute Gasteiger partial charge is 0.491 e. The van der Waals surface area contributed by atoms with Gasteiger partial charge in [0.1, 0.15) is 18.0 Å². The van der Waals surface area contributed by atoms with E-state index >= 15 is 0 Å². The number of carbonyl (C=O) groups is 1. The zero-order valence-corrected chi connectivity index (χ0v) is 14.6. The van der Waals surface area contributed by atoms with Gasteiger partial charge in [-0.25, -0.2) is 4.79 Å². The van der Waals surface area contributed by atoms with Crippen LogP contribution in [0.5, 0.6) is 5.75 Å². The summed E-state index contributed by atoms with van der Waals surface area (Å²) in [5, 5.41) is 11.8. The highest BCUT2D eigenvalue weighted by Gasteiger charge is 2.19. The van der Waals surface area contributed by atoms with Crippen molar-refractivity contribution < 1.29 is 19.4 Å². The molecule has 0 saturated heterocycles. The second-order valence-electron chi connectivity index (χ2n) is 6.47. The number of hydrogen-bond donors (Lipinski definition) is 2. The first-order valence-corrected chi connectivity index (χ1v) is 8.16. The summed E-state index contributed by atoms with van der Waals surface area (Å²) in [6, 6.07) is 7.83. The minimum Gasteiger partial charge on any atom is -0.491 e. The van der Waals surface area contributed by atoms with E-state index in [0.717, 1.165) is 30.6 Å². The highest BCUT2D eigenvalue weighted by atomic mass is 16.6. The van der Waals surface area contributed by atoms with Crippen LogP contribution in [0.1, 0.15) is 46.1 Å². The summed E-state index contributed by atoms with van der Waals surface area (Å²) in [7, 11) is 0. The molecule has 130 valence electrons. The van der Waals surface area contributed by atoms with Crippen LogP contribution in [0.4, 0.5) is 4.79 Å². The molecule has 5 nitrogen and oxygen atoms in total. The zero-order chi connectivity index (χ0) is 17.3. The predicted octanol–water partition coefficient (Wildman–Crippen LogP) is 3.29. The van der Waals surface area contributed by atoms with Crippen LogP contribution in [0, 0.1) is 0 Å². The second-order valence-corrected chi connectivity index (χ2v) is 6.47. The molecule has 1 aromatic carbocycles. The SMILES string of the molecule is CCC(CCc1ccccc1OCCO)NC(=O)OC(C)(C)C. The fourth-order valence-electron chi connectivity index (χ4n) is 2.19. The summed E-state index contributed by atoms with van der Waals surface area (Å²) in [5.74, 6) is 0.786. The van der Waals surface area contributed by atoms with Gasteiger partial charge in [-0.05, 0) is 51.7 Å². The Hall–Kier alpha value is -1.75. The molecule has 0 heterocycles. The smallest absolute Gasteiger partial charge is 0.407 e. The Kier molecular flexibility index (Phi) is 7.89. The number of aryl methyl sites for hydroxylation is 1. The van der Waals surface area contributed by atoms with Gasteiger partial charge in [0.2, 0.25) is 0 Å². The molecule has 2 N–H and O–H groups in total. The average molecular weight is 323 g/mol. The van der Waals surface area contributed by atoms with Gasteiger partial charge in [-0.1, -0.05) is 25.1 Å². The highest BCUT2D eigenvalue weighted by Crippen LogP contribution is 2.20. The number of para-hydroxylation sites is 1. The van der Waals surface area contributed by atoms with E-state index in [1.807, 2.05) is 52.0 Å². The van der Waals surface area contributed by atoms with Crippen LogP contribution in [-0.4, -0.2) is 36.1 Å². The van der Waals surface area contributed by atoms with E-state index in [9.17, 15) is 4.79 Å². The molecule has 0 spiro atoms. The minimum absolute atomic E-state index is 0.00782. The first-order chi connectivity index (χ1) is 10.9. The average Bonchev–Trinajstić information content (AvgIpc) is 2.48. The molecule has 0 aromatic heterocycles. The van der Waals surface area contributed by atoms with Crippen molar-refractivity contribution in [1.29, 1.82) is 0 Å². The normalized spacial score (nSPS) is 12.6. The van der Waals surface area contributed by atoms with Gasteiger partial charge < -0.3 is 19.9 Å². The molecule has 0 aliphatic heterocycles. The van der Waals surface area contributed by atoms with E-state index in [0.29, 0.717) is 0 Å². The lowest BCUT2D eigenvalue weighted by molar-refractivity contribution is 0.0500. The van der Waals surface area contributed by atoms with Crippen LogP contribution >= 0.6 is 0 Å². The van der Waals surface area contributed by atoms with E-state index in [4.69, 9.17) is 14.6 Å². The van der Waals surface area contributed by atoms with Crippen LogP contribution in [-0.2, 0) is 11.2 Å². The Bertz CT molecular complexity index is 482. The Morgan fingerprint density at radius 3 is 2.61 bits per heavy atom. The molecule has 23 heavy (non-hydrogen) atoms. The van der Waals surface area contributed by atoms with Gasteiger partial charge in [0, 0.05) is 6.04 Å².